The van der Waals surface area contributed by atoms with E-state index in [4.69, 9.17) is 11.6 Å². The van der Waals surface area contributed by atoms with E-state index in [2.05, 4.69) is 9.97 Å². The van der Waals surface area contributed by atoms with Crippen LogP contribution in [-0.2, 0) is 7.05 Å². The van der Waals surface area contributed by atoms with Gasteiger partial charge in [0, 0.05) is 29.7 Å². The molecule has 2 heterocycles. The fraction of sp³-hybridized carbons (Fsp3) is 0.0833. The molecular weight excluding hydrogens is 241 g/mol. The van der Waals surface area contributed by atoms with Gasteiger partial charge < -0.3 is 9.55 Å². The second kappa shape index (κ2) is 3.60. The average molecular weight is 250 g/mol. The highest BCUT2D eigenvalue weighted by molar-refractivity contribution is 6.31. The zero-order valence-corrected chi connectivity index (χ0v) is 9.79. The van der Waals surface area contributed by atoms with Crippen LogP contribution < -0.4 is 0 Å². The van der Waals surface area contributed by atoms with E-state index in [0.717, 1.165) is 16.8 Å². The van der Waals surface area contributed by atoms with Crippen LogP contribution in [-0.4, -0.2) is 14.5 Å². The van der Waals surface area contributed by atoms with E-state index in [1.165, 1.54) is 0 Å². The lowest BCUT2D eigenvalue weighted by molar-refractivity contribution is 0.640. The van der Waals surface area contributed by atoms with Gasteiger partial charge in [-0.15, -0.1) is 0 Å². The zero-order valence-electron chi connectivity index (χ0n) is 9.04. The van der Waals surface area contributed by atoms with Crippen molar-refractivity contribution in [2.45, 2.75) is 0 Å². The van der Waals surface area contributed by atoms with E-state index in [1.807, 2.05) is 11.6 Å². The summed E-state index contributed by atoms with van der Waals surface area (Å²) < 4.78 is 15.9. The number of rotatable bonds is 1. The number of nitrogens with one attached hydrogen (secondary N) is 1. The number of benzene rings is 1. The fourth-order valence-corrected chi connectivity index (χ4v) is 2.13. The Kier molecular flexibility index (Phi) is 2.19. The Labute approximate surface area is 102 Å². The highest BCUT2D eigenvalue weighted by Gasteiger charge is 2.14. The van der Waals surface area contributed by atoms with Crippen LogP contribution in [0.15, 0.2) is 30.9 Å². The molecule has 0 amide bonds. The summed E-state index contributed by atoms with van der Waals surface area (Å²) in [5.74, 6) is -0.401. The van der Waals surface area contributed by atoms with Gasteiger partial charge in [0.05, 0.1) is 23.2 Å². The summed E-state index contributed by atoms with van der Waals surface area (Å²) in [6.45, 7) is 0. The van der Waals surface area contributed by atoms with Crippen LogP contribution in [0.1, 0.15) is 0 Å². The van der Waals surface area contributed by atoms with Crippen LogP contribution in [0.3, 0.4) is 0 Å². The van der Waals surface area contributed by atoms with Crippen LogP contribution in [0.2, 0.25) is 5.02 Å². The summed E-state index contributed by atoms with van der Waals surface area (Å²) in [7, 11) is 1.86. The largest absolute Gasteiger partial charge is 0.360 e. The van der Waals surface area contributed by atoms with Gasteiger partial charge in [0.25, 0.3) is 0 Å². The monoisotopic (exact) mass is 249 g/mol. The smallest absolute Gasteiger partial charge is 0.151 e. The van der Waals surface area contributed by atoms with Crippen LogP contribution in [0, 0.1) is 5.82 Å². The van der Waals surface area contributed by atoms with E-state index >= 15 is 0 Å². The number of hydrogen-bond donors (Lipinski definition) is 1. The fourth-order valence-electron chi connectivity index (χ4n) is 1.98. The number of aromatic nitrogens is 3. The predicted octanol–water partition coefficient (Wildman–Crippen LogP) is 3.36. The third-order valence-electron chi connectivity index (χ3n) is 2.83. The Balaban J connectivity index is 2.39. The summed E-state index contributed by atoms with van der Waals surface area (Å²) in [6.07, 6.45) is 5.14. The van der Waals surface area contributed by atoms with Gasteiger partial charge in [-0.05, 0) is 12.1 Å². The molecule has 1 N–H and O–H groups in total. The molecule has 0 aliphatic rings. The number of halogens is 2. The van der Waals surface area contributed by atoms with Crippen LogP contribution in [0.25, 0.3) is 22.2 Å². The lowest BCUT2D eigenvalue weighted by Gasteiger charge is -2.02. The molecule has 0 aliphatic carbocycles. The maximum absolute atomic E-state index is 14.0. The highest BCUT2D eigenvalue weighted by atomic mass is 35.5. The minimum Gasteiger partial charge on any atom is -0.360 e. The lowest BCUT2D eigenvalue weighted by atomic mass is 10.1. The molecule has 3 aromatic rings. The van der Waals surface area contributed by atoms with Crippen molar-refractivity contribution in [1.29, 1.82) is 0 Å². The maximum Gasteiger partial charge on any atom is 0.151 e. The molecule has 3 nitrogen and oxygen atoms in total. The Morgan fingerprint density at radius 3 is 2.94 bits per heavy atom. The molecule has 0 spiro atoms. The Morgan fingerprint density at radius 1 is 1.41 bits per heavy atom. The van der Waals surface area contributed by atoms with Crippen molar-refractivity contribution in [3.63, 3.8) is 0 Å². The van der Waals surface area contributed by atoms with E-state index in [0.29, 0.717) is 5.39 Å². The van der Waals surface area contributed by atoms with Gasteiger partial charge in [-0.1, -0.05) is 11.6 Å². The number of hydrogen-bond acceptors (Lipinski definition) is 1. The highest BCUT2D eigenvalue weighted by Crippen LogP contribution is 2.32. The summed E-state index contributed by atoms with van der Waals surface area (Å²) in [5, 5.41) is 0.626. The Morgan fingerprint density at radius 2 is 2.24 bits per heavy atom. The zero-order chi connectivity index (χ0) is 12.0. The van der Waals surface area contributed by atoms with Crippen molar-refractivity contribution in [1.82, 2.24) is 14.5 Å². The third-order valence-corrected chi connectivity index (χ3v) is 3.12. The minimum atomic E-state index is -0.401. The number of aryl methyl sites for hydroxylation is 1. The molecule has 5 heteroatoms. The van der Waals surface area contributed by atoms with Crippen molar-refractivity contribution in [2.24, 2.45) is 7.05 Å². The first kappa shape index (κ1) is 10.4. The molecule has 0 radical (unpaired) electrons. The van der Waals surface area contributed by atoms with Gasteiger partial charge in [-0.3, -0.25) is 0 Å². The van der Waals surface area contributed by atoms with Gasteiger partial charge in [0.15, 0.2) is 5.82 Å². The first-order chi connectivity index (χ1) is 8.18. The number of fused-ring (bicyclic) bond motifs is 1. The minimum absolute atomic E-state index is 0.125. The van der Waals surface area contributed by atoms with Gasteiger partial charge in [0.2, 0.25) is 0 Å². The summed E-state index contributed by atoms with van der Waals surface area (Å²) in [4.78, 5) is 7.06. The molecule has 0 unspecified atom stereocenters. The molecule has 0 atom stereocenters. The molecule has 3 rings (SSSR count). The van der Waals surface area contributed by atoms with Gasteiger partial charge in [-0.25, -0.2) is 9.37 Å². The molecule has 1 aromatic carbocycles. The van der Waals surface area contributed by atoms with Crippen molar-refractivity contribution in [3.05, 3.63) is 41.7 Å². The number of nitrogens with zero attached hydrogens (tertiary/aromatic N) is 2. The second-order valence-corrected chi connectivity index (χ2v) is 4.28. The van der Waals surface area contributed by atoms with Crippen LogP contribution in [0.5, 0.6) is 0 Å². The normalized spacial score (nSPS) is 11.2. The van der Waals surface area contributed by atoms with E-state index in [1.54, 1.807) is 30.9 Å². The number of imidazole rings is 1. The number of aromatic amines is 1. The van der Waals surface area contributed by atoms with Crippen LogP contribution >= 0.6 is 11.6 Å². The average Bonchev–Trinajstić information content (AvgIpc) is 2.89. The van der Waals surface area contributed by atoms with Gasteiger partial charge in [0.1, 0.15) is 0 Å². The summed E-state index contributed by atoms with van der Waals surface area (Å²) in [5.41, 5.74) is 2.33. The molecule has 0 aliphatic heterocycles. The third kappa shape index (κ3) is 1.45. The lowest BCUT2D eigenvalue weighted by Crippen LogP contribution is -1.89. The first-order valence-corrected chi connectivity index (χ1v) is 5.48. The summed E-state index contributed by atoms with van der Waals surface area (Å²) in [6, 6.07) is 3.31. The van der Waals surface area contributed by atoms with Crippen molar-refractivity contribution in [3.8, 4) is 11.3 Å². The standard InChI is InChI=1S/C12H9ClFN3/c1-17-6-15-5-10(17)7-4-16-9-3-2-8(13)12(14)11(7)9/h2-6,16H,1H3. The SMILES string of the molecule is Cn1cncc1-c1c[nH]c2ccc(Cl)c(F)c12. The second-order valence-electron chi connectivity index (χ2n) is 3.88. The molecule has 0 saturated heterocycles. The first-order valence-electron chi connectivity index (χ1n) is 5.10. The van der Waals surface area contributed by atoms with E-state index in [9.17, 15) is 4.39 Å². The van der Waals surface area contributed by atoms with Crippen molar-refractivity contribution in [2.75, 3.05) is 0 Å². The Bertz CT molecular complexity index is 699. The maximum atomic E-state index is 14.0. The quantitative estimate of drug-likeness (QED) is 0.705. The Hall–Kier alpha value is -1.81. The molecule has 0 saturated carbocycles. The van der Waals surface area contributed by atoms with E-state index in [-0.39, 0.29) is 5.02 Å². The topological polar surface area (TPSA) is 33.6 Å². The summed E-state index contributed by atoms with van der Waals surface area (Å²) >= 11 is 5.81. The van der Waals surface area contributed by atoms with E-state index < -0.39 is 5.82 Å². The van der Waals surface area contributed by atoms with Gasteiger partial charge in [-0.2, -0.15) is 0 Å². The van der Waals surface area contributed by atoms with Gasteiger partial charge >= 0.3 is 0 Å². The van der Waals surface area contributed by atoms with Crippen molar-refractivity contribution < 1.29 is 4.39 Å². The number of H-pyrrole nitrogens is 1. The van der Waals surface area contributed by atoms with Crippen molar-refractivity contribution >= 4 is 22.5 Å². The predicted molar refractivity (Wildman–Crippen MR) is 65.5 cm³/mol. The molecule has 17 heavy (non-hydrogen) atoms. The molecular formula is C12H9ClFN3. The molecule has 2 aromatic heterocycles. The molecule has 86 valence electrons. The molecule has 0 fully saturated rings. The van der Waals surface area contributed by atoms with Crippen LogP contribution in [0.4, 0.5) is 4.39 Å². The molecule has 0 bridgehead atoms.